The molecule has 18 heavy (non-hydrogen) atoms. The smallest absolute Gasteiger partial charge is 0.0893 e. The van der Waals surface area contributed by atoms with Crippen LogP contribution in [0.4, 0.5) is 0 Å². The van der Waals surface area contributed by atoms with E-state index in [9.17, 15) is 0 Å². The van der Waals surface area contributed by atoms with E-state index in [1.54, 1.807) is 10.7 Å². The molecular formula is C12H14Cl2N4. The standard InChI is InChI=1S/C12H14Cl2N4/c1-7-6-10(18(2)17-7)12(16-15)8-4-3-5-9(13)11(8)14/h3-6,12,16H,15H2,1-2H3. The van der Waals surface area contributed by atoms with Crippen LogP contribution in [0.5, 0.6) is 0 Å². The number of rotatable bonds is 3. The van der Waals surface area contributed by atoms with E-state index in [2.05, 4.69) is 10.5 Å². The fourth-order valence-electron chi connectivity index (χ4n) is 1.98. The van der Waals surface area contributed by atoms with Gasteiger partial charge in [0.25, 0.3) is 0 Å². The number of hydrogen-bond acceptors (Lipinski definition) is 3. The van der Waals surface area contributed by atoms with Gasteiger partial charge in [-0.1, -0.05) is 35.3 Å². The first kappa shape index (κ1) is 13.4. The fourth-order valence-corrected chi connectivity index (χ4v) is 2.40. The number of nitrogens with two attached hydrogens (primary N) is 1. The quantitative estimate of drug-likeness (QED) is 0.673. The first-order valence-electron chi connectivity index (χ1n) is 5.45. The maximum absolute atomic E-state index is 6.22. The molecule has 0 fully saturated rings. The fraction of sp³-hybridized carbons (Fsp3) is 0.250. The topological polar surface area (TPSA) is 55.9 Å². The zero-order chi connectivity index (χ0) is 13.3. The second-order valence-corrected chi connectivity index (χ2v) is 4.86. The molecule has 96 valence electrons. The van der Waals surface area contributed by atoms with Crippen LogP contribution >= 0.6 is 23.2 Å². The number of aromatic nitrogens is 2. The lowest BCUT2D eigenvalue weighted by Gasteiger charge is -2.18. The Kier molecular flexibility index (Phi) is 3.92. The van der Waals surface area contributed by atoms with E-state index < -0.39 is 0 Å². The highest BCUT2D eigenvalue weighted by molar-refractivity contribution is 6.42. The summed E-state index contributed by atoms with van der Waals surface area (Å²) < 4.78 is 1.77. The zero-order valence-corrected chi connectivity index (χ0v) is 11.6. The van der Waals surface area contributed by atoms with Crippen LogP contribution in [-0.4, -0.2) is 9.78 Å². The third-order valence-electron chi connectivity index (χ3n) is 2.79. The van der Waals surface area contributed by atoms with Crippen molar-refractivity contribution >= 4 is 23.2 Å². The molecule has 3 N–H and O–H groups in total. The van der Waals surface area contributed by atoms with Gasteiger partial charge in [0.15, 0.2) is 0 Å². The van der Waals surface area contributed by atoms with Crippen molar-refractivity contribution in [3.8, 4) is 0 Å². The molecule has 0 saturated carbocycles. The van der Waals surface area contributed by atoms with Crippen LogP contribution < -0.4 is 11.3 Å². The van der Waals surface area contributed by atoms with Gasteiger partial charge in [-0.2, -0.15) is 5.10 Å². The van der Waals surface area contributed by atoms with Gasteiger partial charge in [-0.15, -0.1) is 0 Å². The maximum Gasteiger partial charge on any atom is 0.0893 e. The summed E-state index contributed by atoms with van der Waals surface area (Å²) in [5.74, 6) is 5.64. The predicted octanol–water partition coefficient (Wildman–Crippen LogP) is 2.59. The van der Waals surface area contributed by atoms with Gasteiger partial charge in [0.1, 0.15) is 0 Å². The molecule has 4 nitrogen and oxygen atoms in total. The monoisotopic (exact) mass is 284 g/mol. The molecule has 0 saturated heterocycles. The van der Waals surface area contributed by atoms with Gasteiger partial charge in [0.05, 0.1) is 27.5 Å². The summed E-state index contributed by atoms with van der Waals surface area (Å²) in [4.78, 5) is 0. The maximum atomic E-state index is 6.22. The number of nitrogens with zero attached hydrogens (tertiary/aromatic N) is 2. The Morgan fingerprint density at radius 1 is 1.39 bits per heavy atom. The van der Waals surface area contributed by atoms with Crippen molar-refractivity contribution in [2.75, 3.05) is 0 Å². The molecule has 0 aliphatic heterocycles. The van der Waals surface area contributed by atoms with E-state index in [0.717, 1.165) is 17.0 Å². The Labute approximate surface area is 116 Å². The van der Waals surface area contributed by atoms with Crippen LogP contribution in [0.3, 0.4) is 0 Å². The second-order valence-electron chi connectivity index (χ2n) is 4.08. The summed E-state index contributed by atoms with van der Waals surface area (Å²) >= 11 is 12.2. The molecule has 0 amide bonds. The molecule has 1 aromatic heterocycles. The molecule has 6 heteroatoms. The zero-order valence-electron chi connectivity index (χ0n) is 10.1. The van der Waals surface area contributed by atoms with Crippen LogP contribution in [0.15, 0.2) is 24.3 Å². The largest absolute Gasteiger partial charge is 0.271 e. The van der Waals surface area contributed by atoms with Crippen LogP contribution in [0.25, 0.3) is 0 Å². The molecule has 0 bridgehead atoms. The van der Waals surface area contributed by atoms with Crippen molar-refractivity contribution in [3.05, 3.63) is 51.3 Å². The van der Waals surface area contributed by atoms with Gasteiger partial charge in [-0.25, -0.2) is 5.43 Å². The molecule has 1 aromatic carbocycles. The molecular weight excluding hydrogens is 271 g/mol. The lowest BCUT2D eigenvalue weighted by Crippen LogP contribution is -2.30. The third-order valence-corrected chi connectivity index (χ3v) is 3.63. The average molecular weight is 285 g/mol. The number of halogens is 2. The Balaban J connectivity index is 2.52. The van der Waals surface area contributed by atoms with Crippen LogP contribution in [0, 0.1) is 6.92 Å². The molecule has 1 unspecified atom stereocenters. The minimum atomic E-state index is -0.248. The molecule has 2 rings (SSSR count). The van der Waals surface area contributed by atoms with Crippen LogP contribution in [-0.2, 0) is 7.05 Å². The normalized spacial score (nSPS) is 12.7. The summed E-state index contributed by atoms with van der Waals surface area (Å²) in [5, 5.41) is 5.31. The second kappa shape index (κ2) is 5.28. The van der Waals surface area contributed by atoms with Crippen molar-refractivity contribution in [2.45, 2.75) is 13.0 Å². The number of benzene rings is 1. The van der Waals surface area contributed by atoms with Crippen LogP contribution in [0.2, 0.25) is 10.0 Å². The van der Waals surface area contributed by atoms with E-state index in [1.807, 2.05) is 32.2 Å². The Morgan fingerprint density at radius 3 is 2.67 bits per heavy atom. The first-order valence-corrected chi connectivity index (χ1v) is 6.20. The molecule has 0 aliphatic rings. The Bertz CT molecular complexity index is 565. The summed E-state index contributed by atoms with van der Waals surface area (Å²) in [6.45, 7) is 1.93. The van der Waals surface area contributed by atoms with Gasteiger partial charge in [0, 0.05) is 7.05 Å². The molecule has 0 spiro atoms. The van der Waals surface area contributed by atoms with E-state index in [0.29, 0.717) is 10.0 Å². The minimum absolute atomic E-state index is 0.248. The first-order chi connectivity index (χ1) is 8.54. The highest BCUT2D eigenvalue weighted by Crippen LogP contribution is 2.32. The average Bonchev–Trinajstić information content (AvgIpc) is 2.65. The van der Waals surface area contributed by atoms with E-state index in [1.165, 1.54) is 0 Å². The van der Waals surface area contributed by atoms with E-state index in [4.69, 9.17) is 29.0 Å². The van der Waals surface area contributed by atoms with Crippen molar-refractivity contribution in [2.24, 2.45) is 12.9 Å². The van der Waals surface area contributed by atoms with Gasteiger partial charge in [-0.05, 0) is 24.6 Å². The van der Waals surface area contributed by atoms with Gasteiger partial charge >= 0.3 is 0 Å². The summed E-state index contributed by atoms with van der Waals surface area (Å²) in [7, 11) is 1.87. The van der Waals surface area contributed by atoms with Gasteiger partial charge < -0.3 is 0 Å². The molecule has 2 aromatic rings. The number of hydrogen-bond donors (Lipinski definition) is 2. The van der Waals surface area contributed by atoms with E-state index in [-0.39, 0.29) is 6.04 Å². The lowest BCUT2D eigenvalue weighted by molar-refractivity contribution is 0.574. The number of aryl methyl sites for hydroxylation is 2. The van der Waals surface area contributed by atoms with Gasteiger partial charge in [0.2, 0.25) is 0 Å². The Hall–Kier alpha value is -1.07. The Morgan fingerprint density at radius 2 is 2.11 bits per heavy atom. The summed E-state index contributed by atoms with van der Waals surface area (Å²) in [6.07, 6.45) is 0. The number of nitrogens with one attached hydrogen (secondary N) is 1. The summed E-state index contributed by atoms with van der Waals surface area (Å²) in [5.41, 5.74) is 5.43. The lowest BCUT2D eigenvalue weighted by atomic mass is 10.0. The van der Waals surface area contributed by atoms with Crippen molar-refractivity contribution in [1.29, 1.82) is 0 Å². The molecule has 0 radical (unpaired) electrons. The van der Waals surface area contributed by atoms with E-state index >= 15 is 0 Å². The van der Waals surface area contributed by atoms with Crippen LogP contribution in [0.1, 0.15) is 23.0 Å². The predicted molar refractivity (Wildman–Crippen MR) is 73.6 cm³/mol. The highest BCUT2D eigenvalue weighted by Gasteiger charge is 2.20. The SMILES string of the molecule is Cc1cc(C(NN)c2cccc(Cl)c2Cl)n(C)n1. The number of hydrazine groups is 1. The molecule has 0 aliphatic carbocycles. The van der Waals surface area contributed by atoms with Crippen molar-refractivity contribution in [3.63, 3.8) is 0 Å². The third kappa shape index (κ3) is 2.37. The van der Waals surface area contributed by atoms with Crippen molar-refractivity contribution in [1.82, 2.24) is 15.2 Å². The molecule has 1 atom stereocenters. The molecule has 1 heterocycles. The van der Waals surface area contributed by atoms with Crippen molar-refractivity contribution < 1.29 is 0 Å². The minimum Gasteiger partial charge on any atom is -0.271 e. The van der Waals surface area contributed by atoms with Gasteiger partial charge in [-0.3, -0.25) is 10.5 Å². The summed E-state index contributed by atoms with van der Waals surface area (Å²) in [6, 6.07) is 7.19. The highest BCUT2D eigenvalue weighted by atomic mass is 35.5.